The molecule has 0 saturated carbocycles. The molecule has 0 aromatic rings. The van der Waals surface area contributed by atoms with Crippen LogP contribution in [-0.4, -0.2) is 54.9 Å². The van der Waals surface area contributed by atoms with E-state index in [4.69, 9.17) is 14.2 Å². The summed E-state index contributed by atoms with van der Waals surface area (Å²) in [7, 11) is 2.72. The molecule has 3 saturated heterocycles. The first kappa shape index (κ1) is 15.6. The second-order valence-electron chi connectivity index (χ2n) is 5.64. The zero-order valence-electron chi connectivity index (χ0n) is 11.3. The minimum atomic E-state index is -1.29. The molecule has 2 atom stereocenters. The van der Waals surface area contributed by atoms with Crippen LogP contribution in [0.5, 0.6) is 0 Å². The minimum absolute atomic E-state index is 0.0196. The fourth-order valence-electron chi connectivity index (χ4n) is 2.45. The van der Waals surface area contributed by atoms with Crippen molar-refractivity contribution < 1.29 is 24.4 Å². The van der Waals surface area contributed by atoms with Crippen LogP contribution < -0.4 is 0 Å². The molecule has 2 unspecified atom stereocenters. The van der Waals surface area contributed by atoms with E-state index in [1.807, 2.05) is 0 Å². The summed E-state index contributed by atoms with van der Waals surface area (Å²) in [5, 5.41) is 19.5. The molecule has 0 radical (unpaired) electrons. The first-order chi connectivity index (χ1) is 9.16. The molecular formula is C13H25O5P. The highest BCUT2D eigenvalue weighted by Crippen LogP contribution is 2.40. The van der Waals surface area contributed by atoms with Crippen molar-refractivity contribution in [3.63, 3.8) is 0 Å². The average Bonchev–Trinajstić information content (AvgIpc) is 2.48. The zero-order valence-corrected chi connectivity index (χ0v) is 12.5. The van der Waals surface area contributed by atoms with Crippen LogP contribution in [0.3, 0.4) is 0 Å². The Hall–Kier alpha value is 0.230. The van der Waals surface area contributed by atoms with Gasteiger partial charge in [0.2, 0.25) is 0 Å². The van der Waals surface area contributed by atoms with Gasteiger partial charge in [-0.2, -0.15) is 0 Å². The highest BCUT2D eigenvalue weighted by Gasteiger charge is 2.55. The lowest BCUT2D eigenvalue weighted by molar-refractivity contribution is -0.492. The van der Waals surface area contributed by atoms with E-state index in [0.29, 0.717) is 26.2 Å². The largest absolute Gasteiger partial charge is 0.396 e. The highest BCUT2D eigenvalue weighted by atomic mass is 31.0. The number of unbranched alkanes of at least 4 members (excludes halogenated alkanes) is 3. The van der Waals surface area contributed by atoms with Gasteiger partial charge in [-0.3, -0.25) is 0 Å². The lowest BCUT2D eigenvalue weighted by atomic mass is 9.89. The molecule has 0 amide bonds. The third kappa shape index (κ3) is 3.46. The minimum Gasteiger partial charge on any atom is -0.396 e. The maximum Gasteiger partial charge on any atom is 0.310 e. The third-order valence-corrected chi connectivity index (χ3v) is 4.32. The monoisotopic (exact) mass is 292 g/mol. The van der Waals surface area contributed by atoms with E-state index in [1.165, 1.54) is 12.8 Å². The number of aliphatic hydroxyl groups excluding tert-OH is 2. The molecule has 3 fully saturated rings. The Morgan fingerprint density at radius 1 is 1.00 bits per heavy atom. The van der Waals surface area contributed by atoms with Crippen LogP contribution in [0.25, 0.3) is 0 Å². The molecule has 2 N–H and O–H groups in total. The summed E-state index contributed by atoms with van der Waals surface area (Å²) < 4.78 is 16.6. The van der Waals surface area contributed by atoms with Gasteiger partial charge in [-0.1, -0.05) is 19.3 Å². The van der Waals surface area contributed by atoms with Crippen molar-refractivity contribution in [2.24, 2.45) is 5.41 Å². The Kier molecular flexibility index (Phi) is 5.58. The van der Waals surface area contributed by atoms with Gasteiger partial charge in [0.25, 0.3) is 0 Å². The van der Waals surface area contributed by atoms with Crippen molar-refractivity contribution in [3.05, 3.63) is 0 Å². The predicted molar refractivity (Wildman–Crippen MR) is 73.8 cm³/mol. The smallest absolute Gasteiger partial charge is 0.310 e. The molecule has 0 aliphatic carbocycles. The Labute approximate surface area is 116 Å². The van der Waals surface area contributed by atoms with Crippen molar-refractivity contribution in [1.82, 2.24) is 0 Å². The summed E-state index contributed by atoms with van der Waals surface area (Å²) >= 11 is 0. The number of hydrogen-bond acceptors (Lipinski definition) is 5. The standard InChI is InChI=1S/C13H25O5P/c14-7-12-8-16-13(17-9-12,18-10-12)11(15)5-3-1-2-4-6-19/h11,14-15H,1-10,19H2. The van der Waals surface area contributed by atoms with Crippen molar-refractivity contribution in [2.45, 2.75) is 44.2 Å². The van der Waals surface area contributed by atoms with Crippen LogP contribution in [0.4, 0.5) is 0 Å². The Morgan fingerprint density at radius 3 is 2.11 bits per heavy atom. The number of hydrogen-bond donors (Lipinski definition) is 2. The summed E-state index contributed by atoms with van der Waals surface area (Å²) in [6.07, 6.45) is 5.40. The Morgan fingerprint density at radius 2 is 1.58 bits per heavy atom. The first-order valence-corrected chi connectivity index (χ1v) is 7.89. The molecule has 3 aliphatic rings. The van der Waals surface area contributed by atoms with Gasteiger partial charge < -0.3 is 24.4 Å². The summed E-state index contributed by atoms with van der Waals surface area (Å²) in [4.78, 5) is 0. The molecule has 3 rings (SSSR count). The molecule has 2 bridgehead atoms. The molecule has 6 heteroatoms. The molecule has 3 heterocycles. The van der Waals surface area contributed by atoms with Crippen LogP contribution in [0, 0.1) is 5.41 Å². The van der Waals surface area contributed by atoms with Crippen molar-refractivity contribution in [1.29, 1.82) is 0 Å². The van der Waals surface area contributed by atoms with Crippen LogP contribution in [0.2, 0.25) is 0 Å². The number of ether oxygens (including phenoxy) is 3. The van der Waals surface area contributed by atoms with Crippen molar-refractivity contribution in [2.75, 3.05) is 32.6 Å². The van der Waals surface area contributed by atoms with Crippen LogP contribution in [0.1, 0.15) is 32.1 Å². The maximum absolute atomic E-state index is 10.2. The highest BCUT2D eigenvalue weighted by molar-refractivity contribution is 7.16. The van der Waals surface area contributed by atoms with Crippen molar-refractivity contribution >= 4 is 9.24 Å². The Balaban J connectivity index is 1.75. The van der Waals surface area contributed by atoms with E-state index in [1.54, 1.807) is 0 Å². The molecule has 0 spiro atoms. The second kappa shape index (κ2) is 6.79. The van der Waals surface area contributed by atoms with Gasteiger partial charge in [-0.25, -0.2) is 0 Å². The number of fused-ring (bicyclic) bond motifs is 3. The molecular weight excluding hydrogens is 267 g/mol. The first-order valence-electron chi connectivity index (χ1n) is 7.07. The van der Waals surface area contributed by atoms with Crippen LogP contribution in [0.15, 0.2) is 0 Å². The number of aliphatic hydroxyl groups is 2. The summed E-state index contributed by atoms with van der Waals surface area (Å²) in [5.74, 6) is -1.29. The molecule has 19 heavy (non-hydrogen) atoms. The van der Waals surface area contributed by atoms with E-state index >= 15 is 0 Å². The normalized spacial score (nSPS) is 35.5. The predicted octanol–water partition coefficient (Wildman–Crippen LogP) is 0.882. The quantitative estimate of drug-likeness (QED) is 0.513. The van der Waals surface area contributed by atoms with Gasteiger partial charge in [-0.15, -0.1) is 9.24 Å². The van der Waals surface area contributed by atoms with E-state index < -0.39 is 17.5 Å². The van der Waals surface area contributed by atoms with Crippen LogP contribution in [-0.2, 0) is 14.2 Å². The van der Waals surface area contributed by atoms with Gasteiger partial charge in [-0.05, 0) is 19.0 Å². The lowest BCUT2D eigenvalue weighted by Gasteiger charge is -2.52. The zero-order chi connectivity index (χ0) is 13.8. The topological polar surface area (TPSA) is 68.2 Å². The summed E-state index contributed by atoms with van der Waals surface area (Å²) in [6, 6.07) is 0. The van der Waals surface area contributed by atoms with Gasteiger partial charge >= 0.3 is 5.97 Å². The lowest BCUT2D eigenvalue weighted by Crippen LogP contribution is -2.65. The third-order valence-electron chi connectivity index (χ3n) is 3.91. The van der Waals surface area contributed by atoms with E-state index in [9.17, 15) is 10.2 Å². The van der Waals surface area contributed by atoms with Gasteiger partial charge in [0.1, 0.15) is 6.10 Å². The van der Waals surface area contributed by atoms with E-state index in [2.05, 4.69) is 9.24 Å². The van der Waals surface area contributed by atoms with Crippen LogP contribution >= 0.6 is 9.24 Å². The molecule has 3 aliphatic heterocycles. The average molecular weight is 292 g/mol. The molecule has 0 aromatic carbocycles. The fourth-order valence-corrected chi connectivity index (χ4v) is 2.74. The SMILES string of the molecule is OCC12COC(C(O)CCCCCCP)(OC1)OC2. The molecule has 0 aromatic heterocycles. The van der Waals surface area contributed by atoms with Gasteiger partial charge in [0.05, 0.1) is 31.8 Å². The fraction of sp³-hybridized carbons (Fsp3) is 1.00. The van der Waals surface area contributed by atoms with E-state index in [-0.39, 0.29) is 6.61 Å². The van der Waals surface area contributed by atoms with Gasteiger partial charge in [0, 0.05) is 0 Å². The number of rotatable bonds is 8. The van der Waals surface area contributed by atoms with Gasteiger partial charge in [0.15, 0.2) is 0 Å². The van der Waals surface area contributed by atoms with Crippen molar-refractivity contribution in [3.8, 4) is 0 Å². The maximum atomic E-state index is 10.2. The molecule has 112 valence electrons. The molecule has 5 nitrogen and oxygen atoms in total. The summed E-state index contributed by atoms with van der Waals surface area (Å²) in [6.45, 7) is 1.13. The van der Waals surface area contributed by atoms with E-state index in [0.717, 1.165) is 19.0 Å². The summed E-state index contributed by atoms with van der Waals surface area (Å²) in [5.41, 5.74) is -0.444. The Bertz CT molecular complexity index is 262. The second-order valence-corrected chi connectivity index (χ2v) is 6.21.